The second-order valence-corrected chi connectivity index (χ2v) is 17.6. The molecule has 0 fully saturated rings. The molecular formula is C53H100O5. The van der Waals surface area contributed by atoms with Gasteiger partial charge in [0.25, 0.3) is 0 Å². The van der Waals surface area contributed by atoms with Crippen LogP contribution >= 0.6 is 0 Å². The number of carbonyl (C=O) groups excluding carboxylic acids is 2. The van der Waals surface area contributed by atoms with Gasteiger partial charge >= 0.3 is 11.9 Å². The molecule has 0 bridgehead atoms. The van der Waals surface area contributed by atoms with Crippen molar-refractivity contribution in [1.82, 2.24) is 0 Å². The highest BCUT2D eigenvalue weighted by molar-refractivity contribution is 5.70. The Morgan fingerprint density at radius 3 is 1.02 bits per heavy atom. The summed E-state index contributed by atoms with van der Waals surface area (Å²) < 4.78 is 10.7. The molecule has 58 heavy (non-hydrogen) atoms. The van der Waals surface area contributed by atoms with E-state index in [-0.39, 0.29) is 25.2 Å². The molecule has 0 aliphatic carbocycles. The lowest BCUT2D eigenvalue weighted by Gasteiger charge is -2.15. The van der Waals surface area contributed by atoms with Crippen LogP contribution in [0.1, 0.15) is 284 Å². The maximum Gasteiger partial charge on any atom is 0.306 e. The zero-order valence-corrected chi connectivity index (χ0v) is 39.1. The van der Waals surface area contributed by atoms with Crippen LogP contribution in [-0.4, -0.2) is 36.4 Å². The zero-order valence-electron chi connectivity index (χ0n) is 39.1. The summed E-state index contributed by atoms with van der Waals surface area (Å²) in [5.41, 5.74) is 0. The van der Waals surface area contributed by atoms with Crippen LogP contribution in [0, 0.1) is 0 Å². The number of aliphatic hydroxyl groups is 1. The second kappa shape index (κ2) is 49.7. The van der Waals surface area contributed by atoms with Crippen molar-refractivity contribution >= 4 is 11.9 Å². The third kappa shape index (κ3) is 47.1. The monoisotopic (exact) mass is 817 g/mol. The van der Waals surface area contributed by atoms with Crippen LogP contribution in [0.2, 0.25) is 0 Å². The van der Waals surface area contributed by atoms with Gasteiger partial charge in [-0.3, -0.25) is 9.59 Å². The molecule has 1 atom stereocenters. The fourth-order valence-electron chi connectivity index (χ4n) is 7.82. The molecule has 0 spiro atoms. The molecule has 0 amide bonds. The summed E-state index contributed by atoms with van der Waals surface area (Å²) in [6.45, 7) is 4.17. The fraction of sp³-hybridized carbons (Fsp3) is 0.887. The SMILES string of the molecule is CCCCCCC/C=C\C/C=C\CCCCCCCCCCCCCCCC(=O)OC(CO)COC(=O)CCCCCCCCCCCCCCCCCCCCC. The van der Waals surface area contributed by atoms with E-state index >= 15 is 0 Å². The van der Waals surface area contributed by atoms with Gasteiger partial charge in [-0.1, -0.05) is 250 Å². The van der Waals surface area contributed by atoms with Gasteiger partial charge in [0.2, 0.25) is 0 Å². The van der Waals surface area contributed by atoms with Gasteiger partial charge in [0.15, 0.2) is 6.10 Å². The Morgan fingerprint density at radius 1 is 0.397 bits per heavy atom. The summed E-state index contributed by atoms with van der Waals surface area (Å²) >= 11 is 0. The average Bonchev–Trinajstić information content (AvgIpc) is 3.23. The topological polar surface area (TPSA) is 72.8 Å². The van der Waals surface area contributed by atoms with E-state index in [1.54, 1.807) is 0 Å². The maximum atomic E-state index is 12.3. The highest BCUT2D eigenvalue weighted by Crippen LogP contribution is 2.17. The summed E-state index contributed by atoms with van der Waals surface area (Å²) in [5, 5.41) is 9.63. The summed E-state index contributed by atoms with van der Waals surface area (Å²) in [6, 6.07) is 0. The van der Waals surface area contributed by atoms with Gasteiger partial charge in [-0.2, -0.15) is 0 Å². The van der Waals surface area contributed by atoms with Gasteiger partial charge < -0.3 is 14.6 Å². The lowest BCUT2D eigenvalue weighted by Crippen LogP contribution is -2.28. The third-order valence-electron chi connectivity index (χ3n) is 11.7. The number of esters is 2. The minimum Gasteiger partial charge on any atom is -0.462 e. The van der Waals surface area contributed by atoms with E-state index in [1.165, 1.54) is 218 Å². The predicted molar refractivity (Wildman–Crippen MR) is 251 cm³/mol. The van der Waals surface area contributed by atoms with Gasteiger partial charge in [0.1, 0.15) is 6.61 Å². The van der Waals surface area contributed by atoms with Crippen molar-refractivity contribution in [2.45, 2.75) is 290 Å². The van der Waals surface area contributed by atoms with E-state index in [0.29, 0.717) is 12.8 Å². The summed E-state index contributed by atoms with van der Waals surface area (Å²) in [7, 11) is 0. The molecule has 5 nitrogen and oxygen atoms in total. The quantitative estimate of drug-likeness (QED) is 0.0376. The normalized spacial score (nSPS) is 12.3. The van der Waals surface area contributed by atoms with Gasteiger partial charge in [0.05, 0.1) is 6.61 Å². The average molecular weight is 817 g/mol. The van der Waals surface area contributed by atoms with Gasteiger partial charge in [-0.15, -0.1) is 0 Å². The molecule has 1 unspecified atom stereocenters. The van der Waals surface area contributed by atoms with Crippen LogP contribution in [0.4, 0.5) is 0 Å². The zero-order chi connectivity index (χ0) is 42.1. The molecule has 0 aromatic carbocycles. The number of rotatable bonds is 48. The van der Waals surface area contributed by atoms with E-state index < -0.39 is 6.10 Å². The molecule has 0 aliphatic rings. The summed E-state index contributed by atoms with van der Waals surface area (Å²) in [4.78, 5) is 24.4. The number of allylic oxidation sites excluding steroid dienone is 4. The Morgan fingerprint density at radius 2 is 0.690 bits per heavy atom. The number of aliphatic hydroxyl groups excluding tert-OH is 1. The molecule has 342 valence electrons. The third-order valence-corrected chi connectivity index (χ3v) is 11.7. The molecule has 0 heterocycles. The van der Waals surface area contributed by atoms with Crippen LogP contribution in [-0.2, 0) is 19.1 Å². The molecule has 5 heteroatoms. The Hall–Kier alpha value is -1.62. The largest absolute Gasteiger partial charge is 0.462 e. The van der Waals surface area contributed by atoms with E-state index in [1.807, 2.05) is 0 Å². The number of hydrogen-bond donors (Lipinski definition) is 1. The molecular weight excluding hydrogens is 717 g/mol. The molecule has 0 saturated carbocycles. The van der Waals surface area contributed by atoms with Crippen molar-refractivity contribution in [3.63, 3.8) is 0 Å². The molecule has 0 aromatic rings. The van der Waals surface area contributed by atoms with E-state index in [9.17, 15) is 14.7 Å². The molecule has 0 aromatic heterocycles. The van der Waals surface area contributed by atoms with Crippen LogP contribution in [0.3, 0.4) is 0 Å². The van der Waals surface area contributed by atoms with Gasteiger partial charge in [-0.05, 0) is 44.9 Å². The van der Waals surface area contributed by atoms with Crippen molar-refractivity contribution in [3.8, 4) is 0 Å². The van der Waals surface area contributed by atoms with Crippen molar-refractivity contribution in [2.75, 3.05) is 13.2 Å². The first-order valence-corrected chi connectivity index (χ1v) is 25.9. The first kappa shape index (κ1) is 56.4. The van der Waals surface area contributed by atoms with Crippen molar-refractivity contribution in [1.29, 1.82) is 0 Å². The molecule has 0 radical (unpaired) electrons. The molecule has 0 aliphatic heterocycles. The first-order chi connectivity index (χ1) is 28.6. The summed E-state index contributed by atoms with van der Waals surface area (Å²) in [6.07, 6.45) is 61.3. The Balaban J connectivity index is 3.45. The smallest absolute Gasteiger partial charge is 0.306 e. The standard InChI is InChI=1S/C53H100O5/c1-3-5-7-9-11-13-15-17-19-21-23-24-25-26-27-28-30-32-34-36-38-40-42-44-46-48-53(56)58-51(49-54)50-57-52(55)47-45-43-41-39-37-35-33-31-29-22-20-18-16-14-12-10-8-6-4-2/h15,17,21,23,51,54H,3-14,16,18-20,22,24-50H2,1-2H3/b17-15-,23-21-. The number of hydrogen-bond acceptors (Lipinski definition) is 5. The first-order valence-electron chi connectivity index (χ1n) is 25.9. The van der Waals surface area contributed by atoms with Crippen LogP contribution in [0.25, 0.3) is 0 Å². The minimum atomic E-state index is -0.768. The molecule has 0 rings (SSSR count). The molecule has 1 N–H and O–H groups in total. The summed E-state index contributed by atoms with van der Waals surface area (Å²) in [5.74, 6) is -0.574. The lowest BCUT2D eigenvalue weighted by atomic mass is 10.0. The Bertz CT molecular complexity index is 882. The van der Waals surface area contributed by atoms with Crippen LogP contribution in [0.5, 0.6) is 0 Å². The van der Waals surface area contributed by atoms with Crippen molar-refractivity contribution < 1.29 is 24.2 Å². The highest BCUT2D eigenvalue weighted by atomic mass is 16.6. The van der Waals surface area contributed by atoms with Gasteiger partial charge in [0, 0.05) is 12.8 Å². The number of ether oxygens (including phenoxy) is 2. The predicted octanol–water partition coefficient (Wildman–Crippen LogP) is 17.0. The fourth-order valence-corrected chi connectivity index (χ4v) is 7.82. The number of unbranched alkanes of at least 4 members (excludes halogenated alkanes) is 36. The van der Waals surface area contributed by atoms with Gasteiger partial charge in [-0.25, -0.2) is 0 Å². The Labute approximate surface area is 362 Å². The van der Waals surface area contributed by atoms with Crippen molar-refractivity contribution in [2.24, 2.45) is 0 Å². The van der Waals surface area contributed by atoms with Crippen molar-refractivity contribution in [3.05, 3.63) is 24.3 Å². The Kier molecular flexibility index (Phi) is 48.4. The lowest BCUT2D eigenvalue weighted by molar-refractivity contribution is -0.161. The van der Waals surface area contributed by atoms with E-state index in [0.717, 1.165) is 38.5 Å². The molecule has 0 saturated heterocycles. The van der Waals surface area contributed by atoms with E-state index in [4.69, 9.17) is 9.47 Å². The second-order valence-electron chi connectivity index (χ2n) is 17.6. The van der Waals surface area contributed by atoms with Crippen LogP contribution < -0.4 is 0 Å². The highest BCUT2D eigenvalue weighted by Gasteiger charge is 2.16. The van der Waals surface area contributed by atoms with Crippen LogP contribution in [0.15, 0.2) is 24.3 Å². The number of carbonyl (C=O) groups is 2. The maximum absolute atomic E-state index is 12.3. The van der Waals surface area contributed by atoms with E-state index in [2.05, 4.69) is 38.2 Å². The minimum absolute atomic E-state index is 0.0601.